The maximum atomic E-state index is 4.70. The zero-order valence-electron chi connectivity index (χ0n) is 13.9. The fourth-order valence-electron chi connectivity index (χ4n) is 3.06. The van der Waals surface area contributed by atoms with Crippen LogP contribution in [0.4, 0.5) is 5.82 Å². The highest BCUT2D eigenvalue weighted by Gasteiger charge is 2.16. The van der Waals surface area contributed by atoms with Gasteiger partial charge < -0.3 is 4.90 Å². The van der Waals surface area contributed by atoms with Gasteiger partial charge in [-0.1, -0.05) is 45.0 Å². The summed E-state index contributed by atoms with van der Waals surface area (Å²) in [5.74, 6) is 2.53. The van der Waals surface area contributed by atoms with Crippen LogP contribution in [0.5, 0.6) is 0 Å². The van der Waals surface area contributed by atoms with E-state index in [4.69, 9.17) is 4.98 Å². The van der Waals surface area contributed by atoms with Crippen molar-refractivity contribution >= 4 is 5.82 Å². The molecule has 1 fully saturated rings. The van der Waals surface area contributed by atoms with Crippen molar-refractivity contribution in [2.24, 2.45) is 5.92 Å². The molecular weight excluding hydrogens is 268 g/mol. The minimum absolute atomic E-state index is 0.558. The Balaban J connectivity index is 1.78. The van der Waals surface area contributed by atoms with Crippen LogP contribution in [-0.2, 0) is 0 Å². The zero-order chi connectivity index (χ0) is 15.5. The summed E-state index contributed by atoms with van der Waals surface area (Å²) in [4.78, 5) is 7.12. The second kappa shape index (κ2) is 6.51. The van der Waals surface area contributed by atoms with Gasteiger partial charge in [0, 0.05) is 24.8 Å². The number of pyridine rings is 1. The van der Waals surface area contributed by atoms with E-state index < -0.39 is 0 Å². The molecular formula is C20H26N2. The topological polar surface area (TPSA) is 16.1 Å². The summed E-state index contributed by atoms with van der Waals surface area (Å²) in [7, 11) is 0. The van der Waals surface area contributed by atoms with E-state index in [-0.39, 0.29) is 0 Å². The van der Waals surface area contributed by atoms with Gasteiger partial charge in [-0.05, 0) is 47.9 Å². The number of hydrogen-bond acceptors (Lipinski definition) is 2. The lowest BCUT2D eigenvalue weighted by atomic mass is 9.98. The van der Waals surface area contributed by atoms with Gasteiger partial charge in [0.1, 0.15) is 5.82 Å². The summed E-state index contributed by atoms with van der Waals surface area (Å²) >= 11 is 0. The molecule has 2 nitrogen and oxygen atoms in total. The Kier molecular flexibility index (Phi) is 4.47. The van der Waals surface area contributed by atoms with Crippen LogP contribution < -0.4 is 4.90 Å². The summed E-state index contributed by atoms with van der Waals surface area (Å²) in [6.45, 7) is 9.08. The van der Waals surface area contributed by atoms with Gasteiger partial charge in [-0.15, -0.1) is 0 Å². The van der Waals surface area contributed by atoms with Crippen molar-refractivity contribution in [2.45, 2.75) is 39.5 Å². The molecule has 1 aliphatic heterocycles. The van der Waals surface area contributed by atoms with Crippen molar-refractivity contribution < 1.29 is 0 Å². The van der Waals surface area contributed by atoms with E-state index in [1.165, 1.54) is 29.5 Å². The Hall–Kier alpha value is -1.83. The number of hydrogen-bond donors (Lipinski definition) is 0. The predicted octanol–water partition coefficient (Wildman–Crippen LogP) is 5.11. The van der Waals surface area contributed by atoms with Gasteiger partial charge in [-0.3, -0.25) is 0 Å². The summed E-state index contributed by atoms with van der Waals surface area (Å²) < 4.78 is 0. The highest BCUT2D eigenvalue weighted by atomic mass is 15.2. The monoisotopic (exact) mass is 294 g/mol. The molecule has 0 aliphatic carbocycles. The number of aromatic nitrogens is 1. The number of benzene rings is 1. The smallest absolute Gasteiger partial charge is 0.128 e. The van der Waals surface area contributed by atoms with Gasteiger partial charge in [0.2, 0.25) is 0 Å². The Bertz CT molecular complexity index is 608. The van der Waals surface area contributed by atoms with Crippen LogP contribution in [0.2, 0.25) is 0 Å². The van der Waals surface area contributed by atoms with E-state index in [2.05, 4.69) is 62.1 Å². The Morgan fingerprint density at radius 2 is 1.82 bits per heavy atom. The molecule has 3 rings (SSSR count). The Morgan fingerprint density at radius 3 is 2.45 bits per heavy atom. The summed E-state index contributed by atoms with van der Waals surface area (Å²) in [6.07, 6.45) is 4.58. The van der Waals surface area contributed by atoms with Crippen LogP contribution in [0.15, 0.2) is 42.6 Å². The molecule has 2 heteroatoms. The minimum Gasteiger partial charge on any atom is -0.357 e. The fraction of sp³-hybridized carbons (Fsp3) is 0.450. The molecule has 22 heavy (non-hydrogen) atoms. The predicted molar refractivity (Wildman–Crippen MR) is 94.4 cm³/mol. The summed E-state index contributed by atoms with van der Waals surface area (Å²) in [5.41, 5.74) is 3.85. The van der Waals surface area contributed by atoms with Crippen molar-refractivity contribution in [1.29, 1.82) is 0 Å². The molecule has 0 unspecified atom stereocenters. The first-order valence-electron chi connectivity index (χ1n) is 8.45. The van der Waals surface area contributed by atoms with Crippen LogP contribution in [0.1, 0.15) is 45.1 Å². The number of anilines is 1. The highest BCUT2D eigenvalue weighted by molar-refractivity contribution is 5.64. The first kappa shape index (κ1) is 15.1. The standard InChI is InChI=1S/C20H26N2/c1-15(2)17-5-4-6-18(13-17)19-7-8-20(21-14-19)22-11-9-16(3)10-12-22/h4-8,13-16H,9-12H2,1-3H3. The lowest BCUT2D eigenvalue weighted by molar-refractivity contribution is 0.436. The van der Waals surface area contributed by atoms with Gasteiger partial charge in [0.25, 0.3) is 0 Å². The number of nitrogens with zero attached hydrogens (tertiary/aromatic N) is 2. The van der Waals surface area contributed by atoms with Crippen LogP contribution in [-0.4, -0.2) is 18.1 Å². The molecule has 0 bridgehead atoms. The zero-order valence-corrected chi connectivity index (χ0v) is 13.9. The molecule has 1 aromatic carbocycles. The quantitative estimate of drug-likeness (QED) is 0.782. The van der Waals surface area contributed by atoms with E-state index in [1.807, 2.05) is 6.20 Å². The van der Waals surface area contributed by atoms with Crippen LogP contribution >= 0.6 is 0 Å². The first-order chi connectivity index (χ1) is 10.6. The van der Waals surface area contributed by atoms with Crippen molar-refractivity contribution in [2.75, 3.05) is 18.0 Å². The van der Waals surface area contributed by atoms with E-state index in [9.17, 15) is 0 Å². The molecule has 116 valence electrons. The average Bonchev–Trinajstić information content (AvgIpc) is 2.56. The van der Waals surface area contributed by atoms with Crippen LogP contribution in [0.3, 0.4) is 0 Å². The van der Waals surface area contributed by atoms with Crippen molar-refractivity contribution in [3.8, 4) is 11.1 Å². The molecule has 0 radical (unpaired) electrons. The molecule has 2 heterocycles. The molecule has 0 saturated carbocycles. The SMILES string of the molecule is CC1CCN(c2ccc(-c3cccc(C(C)C)c3)cn2)CC1. The molecule has 1 saturated heterocycles. The third-order valence-electron chi connectivity index (χ3n) is 4.74. The third-order valence-corrected chi connectivity index (χ3v) is 4.74. The van der Waals surface area contributed by atoms with Crippen molar-refractivity contribution in [3.05, 3.63) is 48.2 Å². The van der Waals surface area contributed by atoms with Crippen LogP contribution in [0.25, 0.3) is 11.1 Å². The van der Waals surface area contributed by atoms with Crippen LogP contribution in [0, 0.1) is 5.92 Å². The van der Waals surface area contributed by atoms with Gasteiger partial charge in [-0.25, -0.2) is 4.98 Å². The maximum absolute atomic E-state index is 4.70. The number of piperidine rings is 1. The number of rotatable bonds is 3. The lowest BCUT2D eigenvalue weighted by Gasteiger charge is -2.31. The molecule has 2 aromatic rings. The van der Waals surface area contributed by atoms with Gasteiger partial charge in [0.05, 0.1) is 0 Å². The lowest BCUT2D eigenvalue weighted by Crippen LogP contribution is -2.33. The molecule has 0 amide bonds. The molecule has 0 atom stereocenters. The third kappa shape index (κ3) is 3.32. The average molecular weight is 294 g/mol. The summed E-state index contributed by atoms with van der Waals surface area (Å²) in [6, 6.07) is 13.2. The van der Waals surface area contributed by atoms with E-state index in [0.717, 1.165) is 24.8 Å². The summed E-state index contributed by atoms with van der Waals surface area (Å²) in [5, 5.41) is 0. The van der Waals surface area contributed by atoms with E-state index in [0.29, 0.717) is 5.92 Å². The second-order valence-electron chi connectivity index (χ2n) is 6.85. The maximum Gasteiger partial charge on any atom is 0.128 e. The normalized spacial score (nSPS) is 16.3. The first-order valence-corrected chi connectivity index (χ1v) is 8.45. The molecule has 1 aliphatic rings. The van der Waals surface area contributed by atoms with E-state index in [1.54, 1.807) is 0 Å². The van der Waals surface area contributed by atoms with Gasteiger partial charge in [0.15, 0.2) is 0 Å². The van der Waals surface area contributed by atoms with E-state index >= 15 is 0 Å². The Morgan fingerprint density at radius 1 is 1.05 bits per heavy atom. The van der Waals surface area contributed by atoms with Crippen molar-refractivity contribution in [3.63, 3.8) is 0 Å². The largest absolute Gasteiger partial charge is 0.357 e. The Labute approximate surface area is 134 Å². The molecule has 0 spiro atoms. The second-order valence-corrected chi connectivity index (χ2v) is 6.85. The molecule has 1 aromatic heterocycles. The minimum atomic E-state index is 0.558. The van der Waals surface area contributed by atoms with Gasteiger partial charge in [-0.2, -0.15) is 0 Å². The highest BCUT2D eigenvalue weighted by Crippen LogP contribution is 2.26. The fourth-order valence-corrected chi connectivity index (χ4v) is 3.06. The molecule has 0 N–H and O–H groups in total. The van der Waals surface area contributed by atoms with Gasteiger partial charge >= 0.3 is 0 Å². The van der Waals surface area contributed by atoms with Crippen molar-refractivity contribution in [1.82, 2.24) is 4.98 Å².